The number of benzene rings is 1. The quantitative estimate of drug-likeness (QED) is 0.675. The van der Waals surface area contributed by atoms with Crippen LogP contribution in [-0.4, -0.2) is 36.7 Å². The van der Waals surface area contributed by atoms with E-state index in [9.17, 15) is 9.59 Å². The van der Waals surface area contributed by atoms with Crippen molar-refractivity contribution in [3.8, 4) is 0 Å². The van der Waals surface area contributed by atoms with Crippen molar-refractivity contribution in [1.29, 1.82) is 0 Å². The fourth-order valence-electron chi connectivity index (χ4n) is 3.16. The molecule has 2 heterocycles. The van der Waals surface area contributed by atoms with E-state index in [1.54, 1.807) is 12.3 Å². The summed E-state index contributed by atoms with van der Waals surface area (Å²) in [6, 6.07) is 7.84. The summed E-state index contributed by atoms with van der Waals surface area (Å²) >= 11 is 4.75. The molecule has 0 saturated carbocycles. The Morgan fingerprint density at radius 1 is 1.30 bits per heavy atom. The maximum absolute atomic E-state index is 13.2. The van der Waals surface area contributed by atoms with Crippen LogP contribution < -0.4 is 5.32 Å². The van der Waals surface area contributed by atoms with Crippen molar-refractivity contribution in [2.24, 2.45) is 0 Å². The van der Waals surface area contributed by atoms with Crippen LogP contribution in [0.3, 0.4) is 0 Å². The van der Waals surface area contributed by atoms with Crippen LogP contribution in [-0.2, 0) is 30.9 Å². The van der Waals surface area contributed by atoms with E-state index >= 15 is 0 Å². The molecule has 1 fully saturated rings. The predicted octanol–water partition coefficient (Wildman–Crippen LogP) is 3.70. The van der Waals surface area contributed by atoms with Crippen molar-refractivity contribution in [3.63, 3.8) is 0 Å². The van der Waals surface area contributed by atoms with E-state index in [4.69, 9.17) is 9.47 Å². The minimum absolute atomic E-state index is 0.0924. The molecule has 1 aromatic carbocycles. The van der Waals surface area contributed by atoms with Crippen LogP contribution in [0.2, 0.25) is 0 Å². The summed E-state index contributed by atoms with van der Waals surface area (Å²) in [6.07, 6.45) is 1.33. The van der Waals surface area contributed by atoms with Gasteiger partial charge in [0.05, 0.1) is 24.1 Å². The van der Waals surface area contributed by atoms with Gasteiger partial charge in [0.25, 0.3) is 0 Å². The van der Waals surface area contributed by atoms with E-state index in [0.29, 0.717) is 43.5 Å². The third-order valence-corrected chi connectivity index (χ3v) is 5.92. The molecule has 27 heavy (non-hydrogen) atoms. The smallest absolute Gasteiger partial charge is 0.311 e. The molecular weight excluding hydrogens is 432 g/mol. The highest BCUT2D eigenvalue weighted by Crippen LogP contribution is 2.37. The number of nitrogens with one attached hydrogen (secondary N) is 1. The second-order valence-electron chi connectivity index (χ2n) is 6.28. The highest BCUT2D eigenvalue weighted by Gasteiger charge is 2.42. The molecule has 1 saturated heterocycles. The second kappa shape index (κ2) is 8.95. The van der Waals surface area contributed by atoms with Gasteiger partial charge in [-0.15, -0.1) is 11.3 Å². The molecule has 144 valence electrons. The molecule has 1 aromatic heterocycles. The molecular formula is C19H21BrN2O4S. The van der Waals surface area contributed by atoms with Gasteiger partial charge in [0.1, 0.15) is 0 Å². The van der Waals surface area contributed by atoms with Crippen LogP contribution in [0.25, 0.3) is 0 Å². The molecule has 8 heteroatoms. The van der Waals surface area contributed by atoms with E-state index in [0.717, 1.165) is 10.0 Å². The number of amides is 1. The van der Waals surface area contributed by atoms with Crippen molar-refractivity contribution in [3.05, 3.63) is 45.4 Å². The maximum atomic E-state index is 13.2. The van der Waals surface area contributed by atoms with Gasteiger partial charge in [-0.1, -0.05) is 28.1 Å². The number of nitrogens with zero attached hydrogens (tertiary/aromatic N) is 1. The van der Waals surface area contributed by atoms with E-state index in [2.05, 4.69) is 26.2 Å². The zero-order chi connectivity index (χ0) is 19.3. The molecule has 1 aliphatic rings. The number of thiazole rings is 1. The Morgan fingerprint density at radius 2 is 2.00 bits per heavy atom. The lowest BCUT2D eigenvalue weighted by Gasteiger charge is -2.36. The first-order valence-electron chi connectivity index (χ1n) is 8.79. The summed E-state index contributed by atoms with van der Waals surface area (Å²) in [5.74, 6) is -0.415. The minimum atomic E-state index is -0.647. The first-order chi connectivity index (χ1) is 13.0. The Kier molecular flexibility index (Phi) is 6.62. The van der Waals surface area contributed by atoms with Crippen molar-refractivity contribution in [2.45, 2.75) is 31.6 Å². The topological polar surface area (TPSA) is 77.5 Å². The molecule has 2 aromatic rings. The third kappa shape index (κ3) is 4.75. The van der Waals surface area contributed by atoms with Crippen molar-refractivity contribution < 1.29 is 19.1 Å². The Bertz CT molecular complexity index is 800. The zero-order valence-electron chi connectivity index (χ0n) is 15.0. The van der Waals surface area contributed by atoms with Crippen LogP contribution in [0.5, 0.6) is 0 Å². The van der Waals surface area contributed by atoms with E-state index in [1.807, 2.05) is 24.3 Å². The number of hydrogen-bond donors (Lipinski definition) is 1. The number of esters is 1. The average Bonchev–Trinajstić information content (AvgIpc) is 3.09. The molecule has 0 aliphatic carbocycles. The molecule has 1 amide bonds. The van der Waals surface area contributed by atoms with Crippen LogP contribution in [0, 0.1) is 0 Å². The average molecular weight is 453 g/mol. The van der Waals surface area contributed by atoms with Gasteiger partial charge in [0, 0.05) is 23.1 Å². The zero-order valence-corrected chi connectivity index (χ0v) is 17.4. The number of halogens is 1. The lowest BCUT2D eigenvalue weighted by Crippen LogP contribution is -2.44. The van der Waals surface area contributed by atoms with Crippen LogP contribution in [0.4, 0.5) is 5.13 Å². The minimum Gasteiger partial charge on any atom is -0.466 e. The number of carbonyl (C=O) groups excluding carboxylic acids is 2. The Morgan fingerprint density at radius 3 is 2.67 bits per heavy atom. The highest BCUT2D eigenvalue weighted by atomic mass is 79.9. The van der Waals surface area contributed by atoms with Crippen LogP contribution >= 0.6 is 27.3 Å². The van der Waals surface area contributed by atoms with E-state index in [-0.39, 0.29) is 18.3 Å². The van der Waals surface area contributed by atoms with Crippen molar-refractivity contribution in [2.75, 3.05) is 25.1 Å². The van der Waals surface area contributed by atoms with Gasteiger partial charge in [-0.05, 0) is 37.5 Å². The largest absolute Gasteiger partial charge is 0.466 e. The van der Waals surface area contributed by atoms with Gasteiger partial charge in [-0.2, -0.15) is 0 Å². The standard InChI is InChI=1S/C19H21BrN2O4S/c1-2-26-16(23)11-15-12-27-18(21-15)22-17(24)19(7-9-25-10-8-19)13-3-5-14(20)6-4-13/h3-6,12H,2,7-11H2,1H3,(H,21,22,24). The van der Waals surface area contributed by atoms with Gasteiger partial charge in [0.2, 0.25) is 5.91 Å². The lowest BCUT2D eigenvalue weighted by molar-refractivity contribution is -0.142. The van der Waals surface area contributed by atoms with Crippen molar-refractivity contribution in [1.82, 2.24) is 4.98 Å². The molecule has 0 spiro atoms. The number of hydrogen-bond acceptors (Lipinski definition) is 6. The molecule has 1 N–H and O–H groups in total. The van der Waals surface area contributed by atoms with Gasteiger partial charge in [-0.3, -0.25) is 9.59 Å². The molecule has 0 unspecified atom stereocenters. The molecule has 3 rings (SSSR count). The molecule has 0 atom stereocenters. The number of anilines is 1. The summed E-state index contributed by atoms with van der Waals surface area (Å²) in [7, 11) is 0. The predicted molar refractivity (Wildman–Crippen MR) is 107 cm³/mol. The summed E-state index contributed by atoms with van der Waals surface area (Å²) < 4.78 is 11.4. The number of rotatable bonds is 6. The number of ether oxygens (including phenoxy) is 2. The van der Waals surface area contributed by atoms with Gasteiger partial charge in [0.15, 0.2) is 5.13 Å². The normalized spacial score (nSPS) is 15.9. The highest BCUT2D eigenvalue weighted by molar-refractivity contribution is 9.10. The Balaban J connectivity index is 1.76. The van der Waals surface area contributed by atoms with Crippen LogP contribution in [0.15, 0.2) is 34.1 Å². The maximum Gasteiger partial charge on any atom is 0.311 e. The fraction of sp³-hybridized carbons (Fsp3) is 0.421. The lowest BCUT2D eigenvalue weighted by atomic mass is 9.73. The Hall–Kier alpha value is -1.77. The first-order valence-corrected chi connectivity index (χ1v) is 10.5. The molecule has 0 bridgehead atoms. The summed E-state index contributed by atoms with van der Waals surface area (Å²) in [6.45, 7) is 3.18. The van der Waals surface area contributed by atoms with E-state index in [1.165, 1.54) is 11.3 Å². The van der Waals surface area contributed by atoms with Crippen molar-refractivity contribution >= 4 is 44.3 Å². The number of carbonyl (C=O) groups is 2. The SMILES string of the molecule is CCOC(=O)Cc1csc(NC(=O)C2(c3ccc(Br)cc3)CCOCC2)n1. The third-order valence-electron chi connectivity index (χ3n) is 4.58. The molecule has 6 nitrogen and oxygen atoms in total. The monoisotopic (exact) mass is 452 g/mol. The van der Waals surface area contributed by atoms with Gasteiger partial charge in [-0.25, -0.2) is 4.98 Å². The van der Waals surface area contributed by atoms with E-state index < -0.39 is 5.41 Å². The van der Waals surface area contributed by atoms with Gasteiger partial charge >= 0.3 is 5.97 Å². The molecule has 0 radical (unpaired) electrons. The number of aromatic nitrogens is 1. The Labute approximate surface area is 170 Å². The van der Waals surface area contributed by atoms with Gasteiger partial charge < -0.3 is 14.8 Å². The summed E-state index contributed by atoms with van der Waals surface area (Å²) in [5.41, 5.74) is 0.916. The molecule has 1 aliphatic heterocycles. The second-order valence-corrected chi connectivity index (χ2v) is 8.06. The summed E-state index contributed by atoms with van der Waals surface area (Å²) in [4.78, 5) is 29.2. The van der Waals surface area contributed by atoms with Crippen LogP contribution in [0.1, 0.15) is 31.0 Å². The fourth-order valence-corrected chi connectivity index (χ4v) is 4.13. The first kappa shape index (κ1) is 20.0. The summed E-state index contributed by atoms with van der Waals surface area (Å²) in [5, 5.41) is 5.20.